The molecule has 0 radical (unpaired) electrons. The fraction of sp³-hybridized carbons (Fsp3) is 0.500. The van der Waals surface area contributed by atoms with Crippen molar-refractivity contribution in [3.63, 3.8) is 0 Å². The van der Waals surface area contributed by atoms with Crippen LogP contribution < -0.4 is 9.64 Å². The summed E-state index contributed by atoms with van der Waals surface area (Å²) in [6.45, 7) is 0.247. The van der Waals surface area contributed by atoms with Crippen molar-refractivity contribution in [3.8, 4) is 5.75 Å². The normalized spacial score (nSPS) is 18.6. The lowest BCUT2D eigenvalue weighted by Gasteiger charge is -2.36. The number of hydrogen-bond acceptors (Lipinski definition) is 3. The SMILES string of the molecule is O=C(C1CCN(C(=O)C(F)(F)F)CC1)N1CCOc2ccc(F)cc21. The smallest absolute Gasteiger partial charge is 0.471 e. The fourth-order valence-corrected chi connectivity index (χ4v) is 3.15. The monoisotopic (exact) mass is 360 g/mol. The number of halogens is 4. The minimum Gasteiger partial charge on any atom is -0.490 e. The third-order valence-corrected chi connectivity index (χ3v) is 4.42. The van der Waals surface area contributed by atoms with E-state index >= 15 is 0 Å². The van der Waals surface area contributed by atoms with E-state index in [4.69, 9.17) is 4.74 Å². The molecular weight excluding hydrogens is 344 g/mol. The van der Waals surface area contributed by atoms with Crippen molar-refractivity contribution >= 4 is 17.5 Å². The number of hydrogen-bond donors (Lipinski definition) is 0. The van der Waals surface area contributed by atoms with Gasteiger partial charge in [0.1, 0.15) is 18.2 Å². The van der Waals surface area contributed by atoms with Gasteiger partial charge in [0, 0.05) is 25.1 Å². The quantitative estimate of drug-likeness (QED) is 0.723. The molecule has 1 aromatic carbocycles. The molecule has 2 aliphatic heterocycles. The van der Waals surface area contributed by atoms with Crippen molar-refractivity contribution in [3.05, 3.63) is 24.0 Å². The highest BCUT2D eigenvalue weighted by molar-refractivity contribution is 5.97. The Morgan fingerprint density at radius 1 is 1.12 bits per heavy atom. The Kier molecular flexibility index (Phi) is 4.57. The van der Waals surface area contributed by atoms with E-state index in [0.29, 0.717) is 11.4 Å². The summed E-state index contributed by atoms with van der Waals surface area (Å²) in [6, 6.07) is 3.87. The summed E-state index contributed by atoms with van der Waals surface area (Å²) in [6.07, 6.45) is -4.62. The Hall–Kier alpha value is -2.32. The summed E-state index contributed by atoms with van der Waals surface area (Å²) in [5, 5.41) is 0. The van der Waals surface area contributed by atoms with Gasteiger partial charge in [0.2, 0.25) is 5.91 Å². The predicted octanol–water partition coefficient (Wildman–Crippen LogP) is 2.35. The molecule has 25 heavy (non-hydrogen) atoms. The summed E-state index contributed by atoms with van der Waals surface area (Å²) in [5.41, 5.74) is 0.324. The molecule has 9 heteroatoms. The molecule has 1 aromatic rings. The zero-order chi connectivity index (χ0) is 18.2. The van der Waals surface area contributed by atoms with Gasteiger partial charge in [0.05, 0.1) is 12.2 Å². The molecule has 1 saturated heterocycles. The van der Waals surface area contributed by atoms with Crippen LogP contribution >= 0.6 is 0 Å². The molecule has 0 saturated carbocycles. The van der Waals surface area contributed by atoms with Crippen LogP contribution in [0, 0.1) is 11.7 Å². The zero-order valence-electron chi connectivity index (χ0n) is 13.2. The van der Waals surface area contributed by atoms with Crippen LogP contribution in [0.4, 0.5) is 23.2 Å². The Morgan fingerprint density at radius 3 is 2.44 bits per heavy atom. The molecule has 0 unspecified atom stereocenters. The van der Waals surface area contributed by atoms with Gasteiger partial charge < -0.3 is 14.5 Å². The Balaban J connectivity index is 1.68. The van der Waals surface area contributed by atoms with Crippen LogP contribution in [-0.4, -0.2) is 49.1 Å². The highest BCUT2D eigenvalue weighted by Gasteiger charge is 2.44. The number of carbonyl (C=O) groups is 2. The number of ether oxygens (including phenoxy) is 1. The van der Waals surface area contributed by atoms with Crippen molar-refractivity contribution in [1.82, 2.24) is 4.90 Å². The van der Waals surface area contributed by atoms with Gasteiger partial charge in [-0.15, -0.1) is 0 Å². The summed E-state index contributed by atoms with van der Waals surface area (Å²) in [7, 11) is 0. The predicted molar refractivity (Wildman–Crippen MR) is 79.6 cm³/mol. The van der Waals surface area contributed by atoms with E-state index in [2.05, 4.69) is 0 Å². The molecular formula is C16H16F4N2O3. The van der Waals surface area contributed by atoms with E-state index in [0.717, 1.165) is 4.90 Å². The van der Waals surface area contributed by atoms with Crippen LogP contribution in [0.3, 0.4) is 0 Å². The van der Waals surface area contributed by atoms with Gasteiger partial charge in [0.25, 0.3) is 0 Å². The van der Waals surface area contributed by atoms with Crippen molar-refractivity contribution in [1.29, 1.82) is 0 Å². The van der Waals surface area contributed by atoms with Crippen LogP contribution in [0.15, 0.2) is 18.2 Å². The molecule has 0 bridgehead atoms. The maximum absolute atomic E-state index is 13.5. The molecule has 5 nitrogen and oxygen atoms in total. The molecule has 1 fully saturated rings. The number of piperidine rings is 1. The van der Waals surface area contributed by atoms with Crippen LogP contribution in [-0.2, 0) is 9.59 Å². The number of anilines is 1. The van der Waals surface area contributed by atoms with Gasteiger partial charge in [-0.25, -0.2) is 4.39 Å². The second kappa shape index (κ2) is 6.53. The van der Waals surface area contributed by atoms with E-state index in [1.165, 1.54) is 23.1 Å². The second-order valence-electron chi connectivity index (χ2n) is 6.01. The lowest BCUT2D eigenvalue weighted by Crippen LogP contribution is -2.49. The van der Waals surface area contributed by atoms with Gasteiger partial charge >= 0.3 is 12.1 Å². The molecule has 0 N–H and O–H groups in total. The summed E-state index contributed by atoms with van der Waals surface area (Å²) < 4.78 is 56.3. The van der Waals surface area contributed by atoms with E-state index in [-0.39, 0.29) is 45.0 Å². The molecule has 3 rings (SSSR count). The van der Waals surface area contributed by atoms with Crippen LogP contribution in [0.1, 0.15) is 12.8 Å². The van der Waals surface area contributed by atoms with Gasteiger partial charge in [-0.3, -0.25) is 9.59 Å². The maximum Gasteiger partial charge on any atom is 0.471 e. The highest BCUT2D eigenvalue weighted by atomic mass is 19.4. The molecule has 2 heterocycles. The molecule has 2 amide bonds. The van der Waals surface area contributed by atoms with Crippen LogP contribution in [0.5, 0.6) is 5.75 Å². The Bertz CT molecular complexity index is 684. The molecule has 2 aliphatic rings. The molecule has 0 aromatic heterocycles. The minimum atomic E-state index is -4.91. The molecule has 0 atom stereocenters. The first kappa shape index (κ1) is 17.5. The zero-order valence-corrected chi connectivity index (χ0v) is 13.2. The average Bonchev–Trinajstić information content (AvgIpc) is 2.59. The lowest BCUT2D eigenvalue weighted by molar-refractivity contribution is -0.186. The maximum atomic E-state index is 13.5. The van der Waals surface area contributed by atoms with Gasteiger partial charge in [-0.1, -0.05) is 0 Å². The number of carbonyl (C=O) groups excluding carboxylic acids is 2. The van der Waals surface area contributed by atoms with E-state index in [9.17, 15) is 27.2 Å². The van der Waals surface area contributed by atoms with Crippen molar-refractivity contribution in [2.45, 2.75) is 19.0 Å². The number of rotatable bonds is 1. The van der Waals surface area contributed by atoms with Crippen molar-refractivity contribution in [2.24, 2.45) is 5.92 Å². The third kappa shape index (κ3) is 3.54. The first-order chi connectivity index (χ1) is 11.8. The fourth-order valence-electron chi connectivity index (χ4n) is 3.15. The third-order valence-electron chi connectivity index (χ3n) is 4.42. The van der Waals surface area contributed by atoms with Crippen LogP contribution in [0.25, 0.3) is 0 Å². The minimum absolute atomic E-state index is 0.130. The Labute approximate surface area is 141 Å². The van der Waals surface area contributed by atoms with Crippen molar-refractivity contribution in [2.75, 3.05) is 31.1 Å². The highest BCUT2D eigenvalue weighted by Crippen LogP contribution is 2.34. The largest absolute Gasteiger partial charge is 0.490 e. The molecule has 0 aliphatic carbocycles. The summed E-state index contributed by atoms with van der Waals surface area (Å²) in [4.78, 5) is 26.1. The van der Waals surface area contributed by atoms with E-state index < -0.39 is 23.8 Å². The van der Waals surface area contributed by atoms with Gasteiger partial charge in [0.15, 0.2) is 0 Å². The number of likely N-dealkylation sites (tertiary alicyclic amines) is 1. The van der Waals surface area contributed by atoms with Crippen LogP contribution in [0.2, 0.25) is 0 Å². The number of amides is 2. The number of alkyl halides is 3. The number of benzene rings is 1. The van der Waals surface area contributed by atoms with Gasteiger partial charge in [-0.2, -0.15) is 13.2 Å². The second-order valence-corrected chi connectivity index (χ2v) is 6.01. The van der Waals surface area contributed by atoms with Gasteiger partial charge in [-0.05, 0) is 25.0 Å². The lowest BCUT2D eigenvalue weighted by atomic mass is 9.94. The standard InChI is InChI=1S/C16H16F4N2O3/c17-11-1-2-13-12(9-11)22(7-8-25-13)14(23)10-3-5-21(6-4-10)15(24)16(18,19)20/h1-2,9-10H,3-8H2. The first-order valence-corrected chi connectivity index (χ1v) is 7.87. The van der Waals surface area contributed by atoms with E-state index in [1.807, 2.05) is 0 Å². The molecule has 136 valence electrons. The number of nitrogens with zero attached hydrogens (tertiary/aromatic N) is 2. The first-order valence-electron chi connectivity index (χ1n) is 7.87. The van der Waals surface area contributed by atoms with E-state index in [1.54, 1.807) is 0 Å². The topological polar surface area (TPSA) is 49.9 Å². The number of fused-ring (bicyclic) bond motifs is 1. The summed E-state index contributed by atoms with van der Waals surface area (Å²) in [5.74, 6) is -2.78. The Morgan fingerprint density at radius 2 is 1.80 bits per heavy atom. The molecule has 0 spiro atoms. The summed E-state index contributed by atoms with van der Waals surface area (Å²) >= 11 is 0. The van der Waals surface area contributed by atoms with Crippen molar-refractivity contribution < 1.29 is 31.9 Å². The average molecular weight is 360 g/mol.